The van der Waals surface area contributed by atoms with Crippen LogP contribution in [0.3, 0.4) is 0 Å². The third-order valence-corrected chi connectivity index (χ3v) is 3.06. The number of rotatable bonds is 3. The predicted octanol–water partition coefficient (Wildman–Crippen LogP) is 2.26. The number of hydrogen-bond donors (Lipinski definition) is 1. The van der Waals surface area contributed by atoms with Gasteiger partial charge in [0, 0.05) is 6.42 Å². The monoisotopic (exact) mass is 183 g/mol. The molecule has 1 rings (SSSR count). The zero-order chi connectivity index (χ0) is 9.90. The molecule has 2 unspecified atom stereocenters. The van der Waals surface area contributed by atoms with E-state index in [9.17, 15) is 4.79 Å². The van der Waals surface area contributed by atoms with Crippen LogP contribution in [0, 0.1) is 5.92 Å². The largest absolute Gasteiger partial charge is 0.319 e. The first kappa shape index (κ1) is 10.7. The van der Waals surface area contributed by atoms with E-state index in [2.05, 4.69) is 6.92 Å². The second kappa shape index (κ2) is 4.23. The van der Waals surface area contributed by atoms with Crippen LogP contribution in [0.25, 0.3) is 0 Å². The molecule has 2 nitrogen and oxygen atoms in total. The maximum absolute atomic E-state index is 11.7. The molecule has 0 aromatic heterocycles. The van der Waals surface area contributed by atoms with Gasteiger partial charge in [0.15, 0.2) is 5.78 Å². The fraction of sp³-hybridized carbons (Fsp3) is 0.909. The Balaban J connectivity index is 2.57. The van der Waals surface area contributed by atoms with Gasteiger partial charge in [-0.15, -0.1) is 0 Å². The molecule has 0 radical (unpaired) electrons. The number of nitrogens with two attached hydrogens (primary N) is 1. The Kier molecular flexibility index (Phi) is 3.48. The molecular formula is C11H21NO. The van der Waals surface area contributed by atoms with Crippen LogP contribution in [0.2, 0.25) is 0 Å². The first-order chi connectivity index (χ1) is 6.08. The van der Waals surface area contributed by atoms with E-state index in [1.807, 2.05) is 6.92 Å². The van der Waals surface area contributed by atoms with E-state index in [1.54, 1.807) is 0 Å². The van der Waals surface area contributed by atoms with Gasteiger partial charge in [-0.05, 0) is 25.2 Å². The van der Waals surface area contributed by atoms with Crippen LogP contribution in [-0.2, 0) is 4.79 Å². The van der Waals surface area contributed by atoms with Gasteiger partial charge in [0.1, 0.15) is 0 Å². The van der Waals surface area contributed by atoms with Gasteiger partial charge in [-0.25, -0.2) is 0 Å². The van der Waals surface area contributed by atoms with Gasteiger partial charge in [-0.3, -0.25) is 4.79 Å². The van der Waals surface area contributed by atoms with Crippen LogP contribution >= 0.6 is 0 Å². The second-order valence-corrected chi connectivity index (χ2v) is 4.53. The van der Waals surface area contributed by atoms with E-state index >= 15 is 0 Å². The first-order valence-corrected chi connectivity index (χ1v) is 5.40. The third-order valence-electron chi connectivity index (χ3n) is 3.06. The lowest BCUT2D eigenvalue weighted by Gasteiger charge is -2.35. The Labute approximate surface area is 80.9 Å². The second-order valence-electron chi connectivity index (χ2n) is 4.53. The number of Topliss-reactive ketones (excluding diaryl/α,β-unsaturated/α-hetero) is 1. The zero-order valence-corrected chi connectivity index (χ0v) is 8.81. The molecule has 13 heavy (non-hydrogen) atoms. The van der Waals surface area contributed by atoms with Crippen molar-refractivity contribution in [1.82, 2.24) is 0 Å². The van der Waals surface area contributed by atoms with Crippen molar-refractivity contribution < 1.29 is 4.79 Å². The van der Waals surface area contributed by atoms with Crippen molar-refractivity contribution in [2.24, 2.45) is 11.7 Å². The van der Waals surface area contributed by atoms with Gasteiger partial charge in [-0.1, -0.05) is 26.7 Å². The summed E-state index contributed by atoms with van der Waals surface area (Å²) >= 11 is 0. The molecule has 0 bridgehead atoms. The van der Waals surface area contributed by atoms with E-state index in [4.69, 9.17) is 5.73 Å². The Hall–Kier alpha value is -0.370. The van der Waals surface area contributed by atoms with Crippen LogP contribution < -0.4 is 5.73 Å². The Morgan fingerprint density at radius 3 is 2.85 bits per heavy atom. The third kappa shape index (κ3) is 2.53. The lowest BCUT2D eigenvalue weighted by Crippen LogP contribution is -2.50. The van der Waals surface area contributed by atoms with Gasteiger partial charge in [0.05, 0.1) is 5.54 Å². The van der Waals surface area contributed by atoms with Crippen molar-refractivity contribution >= 4 is 5.78 Å². The van der Waals surface area contributed by atoms with E-state index < -0.39 is 5.54 Å². The molecule has 0 saturated heterocycles. The summed E-state index contributed by atoms with van der Waals surface area (Å²) in [7, 11) is 0. The summed E-state index contributed by atoms with van der Waals surface area (Å²) in [6.07, 6.45) is 5.73. The maximum Gasteiger partial charge on any atom is 0.152 e. The standard InChI is InChI=1S/C11H21NO/c1-3-5-10(13)11(12)7-4-6-9(2)8-11/h9H,3-8,12H2,1-2H3. The molecule has 2 N–H and O–H groups in total. The molecule has 1 aliphatic rings. The van der Waals surface area contributed by atoms with Crippen LogP contribution in [-0.4, -0.2) is 11.3 Å². The zero-order valence-electron chi connectivity index (χ0n) is 8.81. The van der Waals surface area contributed by atoms with Gasteiger partial charge in [0.2, 0.25) is 0 Å². The lowest BCUT2D eigenvalue weighted by atomic mass is 9.74. The molecule has 0 amide bonds. The highest BCUT2D eigenvalue weighted by molar-refractivity contribution is 5.88. The number of hydrogen-bond acceptors (Lipinski definition) is 2. The first-order valence-electron chi connectivity index (χ1n) is 5.40. The normalized spacial score (nSPS) is 34.5. The molecule has 0 heterocycles. The molecule has 1 saturated carbocycles. The van der Waals surface area contributed by atoms with Gasteiger partial charge >= 0.3 is 0 Å². The number of ketones is 1. The molecule has 76 valence electrons. The van der Waals surface area contributed by atoms with Crippen molar-refractivity contribution in [2.45, 2.75) is 57.9 Å². The fourth-order valence-electron chi connectivity index (χ4n) is 2.32. The fourth-order valence-corrected chi connectivity index (χ4v) is 2.32. The minimum absolute atomic E-state index is 0.279. The molecule has 2 atom stereocenters. The summed E-state index contributed by atoms with van der Waals surface area (Å²) < 4.78 is 0. The lowest BCUT2D eigenvalue weighted by molar-refractivity contribution is -0.125. The van der Waals surface area contributed by atoms with E-state index in [1.165, 1.54) is 6.42 Å². The van der Waals surface area contributed by atoms with Crippen LogP contribution in [0.15, 0.2) is 0 Å². The van der Waals surface area contributed by atoms with Crippen LogP contribution in [0.4, 0.5) is 0 Å². The molecule has 1 fully saturated rings. The summed E-state index contributed by atoms with van der Waals surface area (Å²) in [5.74, 6) is 0.904. The van der Waals surface area contributed by atoms with Gasteiger partial charge < -0.3 is 5.73 Å². The Morgan fingerprint density at radius 2 is 2.31 bits per heavy atom. The summed E-state index contributed by atoms with van der Waals surface area (Å²) in [5.41, 5.74) is 5.65. The number of carbonyl (C=O) groups excluding carboxylic acids is 1. The number of carbonyl (C=O) groups is 1. The van der Waals surface area contributed by atoms with Crippen molar-refractivity contribution in [3.63, 3.8) is 0 Å². The average Bonchev–Trinajstić information content (AvgIpc) is 2.04. The molecule has 0 aliphatic heterocycles. The summed E-state index contributed by atoms with van der Waals surface area (Å²) in [6, 6.07) is 0. The highest BCUT2D eigenvalue weighted by Gasteiger charge is 2.36. The average molecular weight is 183 g/mol. The molecule has 0 aromatic rings. The molecule has 2 heteroatoms. The quantitative estimate of drug-likeness (QED) is 0.729. The molecule has 1 aliphatic carbocycles. The Morgan fingerprint density at radius 1 is 1.62 bits per heavy atom. The van der Waals surface area contributed by atoms with Gasteiger partial charge in [-0.2, -0.15) is 0 Å². The van der Waals surface area contributed by atoms with Crippen molar-refractivity contribution in [3.05, 3.63) is 0 Å². The molecular weight excluding hydrogens is 162 g/mol. The van der Waals surface area contributed by atoms with Crippen molar-refractivity contribution in [2.75, 3.05) is 0 Å². The SMILES string of the molecule is CCCC(=O)C1(N)CCCC(C)C1. The minimum Gasteiger partial charge on any atom is -0.319 e. The van der Waals surface area contributed by atoms with Crippen LogP contribution in [0.1, 0.15) is 52.4 Å². The van der Waals surface area contributed by atoms with Crippen molar-refractivity contribution in [1.29, 1.82) is 0 Å². The summed E-state index contributed by atoms with van der Waals surface area (Å²) in [6.45, 7) is 4.23. The predicted molar refractivity (Wildman–Crippen MR) is 54.5 cm³/mol. The van der Waals surface area contributed by atoms with E-state index in [0.29, 0.717) is 12.3 Å². The van der Waals surface area contributed by atoms with E-state index in [-0.39, 0.29) is 5.78 Å². The Bertz CT molecular complexity index is 191. The smallest absolute Gasteiger partial charge is 0.152 e. The molecule has 0 aromatic carbocycles. The maximum atomic E-state index is 11.7. The topological polar surface area (TPSA) is 43.1 Å². The summed E-state index contributed by atoms with van der Waals surface area (Å²) in [4.78, 5) is 11.7. The minimum atomic E-state index is -0.478. The molecule has 0 spiro atoms. The van der Waals surface area contributed by atoms with Crippen LogP contribution in [0.5, 0.6) is 0 Å². The highest BCUT2D eigenvalue weighted by atomic mass is 16.1. The summed E-state index contributed by atoms with van der Waals surface area (Å²) in [5, 5.41) is 0. The highest BCUT2D eigenvalue weighted by Crippen LogP contribution is 2.31. The van der Waals surface area contributed by atoms with E-state index in [0.717, 1.165) is 25.7 Å². The van der Waals surface area contributed by atoms with Gasteiger partial charge in [0.25, 0.3) is 0 Å². The van der Waals surface area contributed by atoms with Crippen molar-refractivity contribution in [3.8, 4) is 0 Å².